The van der Waals surface area contributed by atoms with Gasteiger partial charge in [0.2, 0.25) is 0 Å². The molecule has 1 aliphatic heterocycles. The Bertz CT molecular complexity index is 1230. The lowest BCUT2D eigenvalue weighted by Crippen LogP contribution is -2.23. The molecule has 2 N–H and O–H groups in total. The molecule has 1 atom stereocenters. The fraction of sp³-hybridized carbons (Fsp3) is 0.214. The van der Waals surface area contributed by atoms with Gasteiger partial charge in [0.05, 0.1) is 24.0 Å². The molecule has 0 spiro atoms. The van der Waals surface area contributed by atoms with Crippen LogP contribution in [-0.2, 0) is 4.79 Å². The molecule has 5 rings (SSSR count). The van der Waals surface area contributed by atoms with E-state index in [0.717, 1.165) is 46.8 Å². The summed E-state index contributed by atoms with van der Waals surface area (Å²) in [4.78, 5) is 26.0. The van der Waals surface area contributed by atoms with Crippen molar-refractivity contribution in [3.8, 4) is 5.75 Å². The zero-order valence-electron chi connectivity index (χ0n) is 18.6. The third-order valence-corrected chi connectivity index (χ3v) is 6.17. The van der Waals surface area contributed by atoms with Gasteiger partial charge in [-0.05, 0) is 55.7 Å². The van der Waals surface area contributed by atoms with Crippen LogP contribution in [0.5, 0.6) is 5.75 Å². The summed E-state index contributed by atoms with van der Waals surface area (Å²) >= 11 is 0. The minimum absolute atomic E-state index is 0.0265. The van der Waals surface area contributed by atoms with Gasteiger partial charge in [-0.3, -0.25) is 9.59 Å². The van der Waals surface area contributed by atoms with E-state index in [2.05, 4.69) is 10.6 Å². The first-order valence-electron chi connectivity index (χ1n) is 11.4. The second-order valence-corrected chi connectivity index (χ2v) is 8.33. The lowest BCUT2D eigenvalue weighted by molar-refractivity contribution is -0.116. The third-order valence-electron chi connectivity index (χ3n) is 6.17. The minimum Gasteiger partial charge on any atom is -0.494 e. The van der Waals surface area contributed by atoms with Gasteiger partial charge in [-0.1, -0.05) is 42.5 Å². The molecule has 0 saturated heterocycles. The fourth-order valence-corrected chi connectivity index (χ4v) is 4.56. The van der Waals surface area contributed by atoms with E-state index < -0.39 is 0 Å². The molecule has 0 fully saturated rings. The first-order chi connectivity index (χ1) is 16.1. The molecule has 0 aromatic heterocycles. The molecule has 166 valence electrons. The number of Topliss-reactive ketones (excluding diaryl/α,β-unsaturated/α-hetero) is 1. The standard InChI is InChI=1S/C28H26N2O3/c1-2-33-21-14-11-18(12-15-21)27-26-23(9-6-10-25(26)31)29-24-17-20(13-16-22(24)30-27)28(32)19-7-4-3-5-8-19/h3-5,7-8,11-17,27,29-30H,2,6,9-10H2,1H3/t27-/m1/s1. The predicted octanol–water partition coefficient (Wildman–Crippen LogP) is 5.90. The molecule has 0 bridgehead atoms. The molecule has 2 aliphatic rings. The van der Waals surface area contributed by atoms with Crippen LogP contribution in [0.1, 0.15) is 53.7 Å². The minimum atomic E-state index is -0.270. The van der Waals surface area contributed by atoms with Crippen molar-refractivity contribution in [1.29, 1.82) is 0 Å². The molecule has 3 aromatic rings. The second kappa shape index (κ2) is 8.94. The van der Waals surface area contributed by atoms with Crippen LogP contribution in [0, 0.1) is 0 Å². The highest BCUT2D eigenvalue weighted by molar-refractivity contribution is 6.10. The van der Waals surface area contributed by atoms with Gasteiger partial charge in [-0.2, -0.15) is 0 Å². The Kier molecular flexibility index (Phi) is 5.69. The number of rotatable bonds is 5. The highest BCUT2D eigenvalue weighted by Gasteiger charge is 2.32. The smallest absolute Gasteiger partial charge is 0.193 e. The van der Waals surface area contributed by atoms with Gasteiger partial charge in [-0.15, -0.1) is 0 Å². The van der Waals surface area contributed by atoms with Crippen molar-refractivity contribution >= 4 is 22.9 Å². The van der Waals surface area contributed by atoms with Crippen molar-refractivity contribution < 1.29 is 14.3 Å². The Morgan fingerprint density at radius 1 is 0.939 bits per heavy atom. The maximum Gasteiger partial charge on any atom is 0.193 e. The van der Waals surface area contributed by atoms with E-state index in [4.69, 9.17) is 4.74 Å². The summed E-state index contributed by atoms with van der Waals surface area (Å²) in [5.74, 6) is 0.937. The van der Waals surface area contributed by atoms with Gasteiger partial charge in [0.25, 0.3) is 0 Å². The van der Waals surface area contributed by atoms with E-state index in [1.165, 1.54) is 0 Å². The molecule has 1 heterocycles. The quantitative estimate of drug-likeness (QED) is 0.485. The van der Waals surface area contributed by atoms with Crippen molar-refractivity contribution in [3.05, 3.63) is 101 Å². The molecule has 0 amide bonds. The highest BCUT2D eigenvalue weighted by Crippen LogP contribution is 2.41. The van der Waals surface area contributed by atoms with Gasteiger partial charge in [-0.25, -0.2) is 0 Å². The molecule has 5 nitrogen and oxygen atoms in total. The normalized spacial score (nSPS) is 17.2. The molecule has 0 saturated carbocycles. The van der Waals surface area contributed by atoms with Crippen LogP contribution in [0.25, 0.3) is 0 Å². The number of hydrogen-bond acceptors (Lipinski definition) is 5. The Balaban J connectivity index is 1.54. The van der Waals surface area contributed by atoms with Crippen molar-refractivity contribution in [2.45, 2.75) is 32.2 Å². The maximum atomic E-state index is 13.0. The van der Waals surface area contributed by atoms with E-state index in [1.54, 1.807) is 0 Å². The summed E-state index contributed by atoms with van der Waals surface area (Å²) in [5, 5.41) is 7.06. The molecular weight excluding hydrogens is 412 g/mol. The lowest BCUT2D eigenvalue weighted by atomic mass is 9.86. The van der Waals surface area contributed by atoms with Crippen LogP contribution in [0.15, 0.2) is 84.1 Å². The van der Waals surface area contributed by atoms with E-state index in [9.17, 15) is 9.59 Å². The number of fused-ring (bicyclic) bond motifs is 1. The van der Waals surface area contributed by atoms with Gasteiger partial charge < -0.3 is 15.4 Å². The first-order valence-corrected chi connectivity index (χ1v) is 11.4. The highest BCUT2D eigenvalue weighted by atomic mass is 16.5. The fourth-order valence-electron chi connectivity index (χ4n) is 4.56. The number of anilines is 2. The largest absolute Gasteiger partial charge is 0.494 e. The van der Waals surface area contributed by atoms with Crippen molar-refractivity contribution in [2.75, 3.05) is 17.2 Å². The van der Waals surface area contributed by atoms with Crippen LogP contribution in [0.3, 0.4) is 0 Å². The van der Waals surface area contributed by atoms with Crippen LogP contribution >= 0.6 is 0 Å². The lowest BCUT2D eigenvalue weighted by Gasteiger charge is -2.25. The van der Waals surface area contributed by atoms with Gasteiger partial charge in [0.1, 0.15) is 5.75 Å². The predicted molar refractivity (Wildman–Crippen MR) is 130 cm³/mol. The Morgan fingerprint density at radius 3 is 2.48 bits per heavy atom. The van der Waals surface area contributed by atoms with Crippen molar-refractivity contribution in [2.24, 2.45) is 0 Å². The average molecular weight is 439 g/mol. The number of benzene rings is 3. The van der Waals surface area contributed by atoms with Crippen LogP contribution < -0.4 is 15.4 Å². The Hall–Kier alpha value is -3.86. The third kappa shape index (κ3) is 4.14. The van der Waals surface area contributed by atoms with E-state index in [1.807, 2.05) is 79.7 Å². The summed E-state index contributed by atoms with van der Waals surface area (Å²) in [6.07, 6.45) is 2.16. The van der Waals surface area contributed by atoms with Crippen molar-refractivity contribution in [1.82, 2.24) is 0 Å². The van der Waals surface area contributed by atoms with E-state index in [-0.39, 0.29) is 17.6 Å². The number of nitrogens with one attached hydrogen (secondary N) is 2. The van der Waals surface area contributed by atoms with Crippen LogP contribution in [0.4, 0.5) is 11.4 Å². The summed E-state index contributed by atoms with van der Waals surface area (Å²) in [6, 6.07) is 22.5. The van der Waals surface area contributed by atoms with Gasteiger partial charge in [0, 0.05) is 28.8 Å². The second-order valence-electron chi connectivity index (χ2n) is 8.33. The number of ether oxygens (including phenoxy) is 1. The maximum absolute atomic E-state index is 13.0. The van der Waals surface area contributed by atoms with E-state index >= 15 is 0 Å². The number of carbonyl (C=O) groups excluding carboxylic acids is 2. The molecule has 5 heteroatoms. The summed E-state index contributed by atoms with van der Waals surface area (Å²) in [6.45, 7) is 2.56. The summed E-state index contributed by atoms with van der Waals surface area (Å²) in [7, 11) is 0. The van der Waals surface area contributed by atoms with Gasteiger partial charge >= 0.3 is 0 Å². The number of allylic oxidation sites excluding steroid dienone is 1. The number of hydrogen-bond donors (Lipinski definition) is 2. The molecule has 1 aliphatic carbocycles. The van der Waals surface area contributed by atoms with Crippen LogP contribution in [0.2, 0.25) is 0 Å². The van der Waals surface area contributed by atoms with Gasteiger partial charge in [0.15, 0.2) is 11.6 Å². The van der Waals surface area contributed by atoms with Crippen LogP contribution in [-0.4, -0.2) is 18.2 Å². The zero-order chi connectivity index (χ0) is 22.8. The molecule has 0 radical (unpaired) electrons. The first kappa shape index (κ1) is 21.0. The molecule has 3 aromatic carbocycles. The molecule has 0 unspecified atom stereocenters. The topological polar surface area (TPSA) is 67.4 Å². The summed E-state index contributed by atoms with van der Waals surface area (Å²) in [5.41, 5.74) is 5.64. The molecular formula is C28H26N2O3. The Labute approximate surface area is 193 Å². The number of carbonyl (C=O) groups is 2. The monoisotopic (exact) mass is 438 g/mol. The summed E-state index contributed by atoms with van der Waals surface area (Å²) < 4.78 is 5.59. The Morgan fingerprint density at radius 2 is 1.73 bits per heavy atom. The molecule has 33 heavy (non-hydrogen) atoms. The zero-order valence-corrected chi connectivity index (χ0v) is 18.6. The van der Waals surface area contributed by atoms with Crippen molar-refractivity contribution in [3.63, 3.8) is 0 Å². The SMILES string of the molecule is CCOc1ccc([C@H]2Nc3ccc(C(=O)c4ccccc4)cc3NC3=C2C(=O)CCC3)cc1. The average Bonchev–Trinajstić information content (AvgIpc) is 3.02. The number of ketones is 2. The van der Waals surface area contributed by atoms with E-state index in [0.29, 0.717) is 24.2 Å².